The number of ketones is 1. The average Bonchev–Trinajstić information content (AvgIpc) is 3.51. The van der Waals surface area contributed by atoms with Crippen LogP contribution in [0.25, 0.3) is 0 Å². The van der Waals surface area contributed by atoms with Gasteiger partial charge in [0.15, 0.2) is 0 Å². The molecule has 190 valence electrons. The van der Waals surface area contributed by atoms with Crippen molar-refractivity contribution in [2.45, 2.75) is 87.3 Å². The maximum absolute atomic E-state index is 12.2. The van der Waals surface area contributed by atoms with Crippen LogP contribution in [0.2, 0.25) is 0 Å². The van der Waals surface area contributed by atoms with Crippen molar-refractivity contribution in [1.29, 1.82) is 0 Å². The minimum atomic E-state index is -1.65. The predicted molar refractivity (Wildman–Crippen MR) is 147 cm³/mol. The van der Waals surface area contributed by atoms with Crippen LogP contribution < -0.4 is 0 Å². The number of halogens is 1. The van der Waals surface area contributed by atoms with Crippen molar-refractivity contribution in [2.75, 3.05) is 11.0 Å². The fourth-order valence-corrected chi connectivity index (χ4v) is 11.2. The van der Waals surface area contributed by atoms with Crippen LogP contribution in [0.1, 0.15) is 86.7 Å². The fraction of sp³-hybridized carbons (Fsp3) is 0.633. The number of fused-ring (bicyclic) bond motifs is 4. The molecule has 0 radical (unpaired) electrons. The number of hydrogen-bond donors (Lipinski definition) is 2. The van der Waals surface area contributed by atoms with Crippen LogP contribution in [0.3, 0.4) is 0 Å². The molecule has 0 amide bonds. The molecule has 6 rings (SSSR count). The SMILES string of the molecule is CC(C)OC[C@]1(O)CC[C@H]2[C@@H]3CCC4=CC(=O)CCC4=C3[C@@H](c3ccc(C4CI4O)cc3)C[C@@]21C. The van der Waals surface area contributed by atoms with Crippen molar-refractivity contribution in [3.63, 3.8) is 0 Å². The predicted octanol–water partition coefficient (Wildman–Crippen LogP) is 6.21. The fourth-order valence-electron chi connectivity index (χ4n) is 7.87. The monoisotopic (exact) mass is 590 g/mol. The Balaban J connectivity index is 1.43. The van der Waals surface area contributed by atoms with E-state index in [9.17, 15) is 13.3 Å². The number of benzene rings is 1. The molecule has 1 saturated heterocycles. The molecule has 0 aromatic heterocycles. The van der Waals surface area contributed by atoms with Crippen LogP contribution in [0.5, 0.6) is 0 Å². The van der Waals surface area contributed by atoms with Crippen LogP contribution in [-0.4, -0.2) is 37.1 Å². The third-order valence-electron chi connectivity index (χ3n) is 9.91. The van der Waals surface area contributed by atoms with Gasteiger partial charge < -0.3 is 0 Å². The Labute approximate surface area is 217 Å². The molecule has 1 aliphatic heterocycles. The molecule has 5 aliphatic rings. The van der Waals surface area contributed by atoms with E-state index >= 15 is 0 Å². The summed E-state index contributed by atoms with van der Waals surface area (Å²) in [5, 5.41) is 12.1. The molecule has 1 aromatic rings. The second-order valence-corrected chi connectivity index (χ2v) is 16.6. The number of allylic oxidation sites excluding steroid dienone is 4. The number of hydrogen-bond acceptors (Lipinski definition) is 4. The van der Waals surface area contributed by atoms with Gasteiger partial charge in [-0.3, -0.25) is 0 Å². The number of carbonyl (C=O) groups excluding carboxylic acids is 1. The second-order valence-electron chi connectivity index (χ2n) is 12.1. The maximum atomic E-state index is 12.2. The number of alkyl halides is 2. The third-order valence-corrected chi connectivity index (χ3v) is 13.5. The summed E-state index contributed by atoms with van der Waals surface area (Å²) in [7, 11) is 0. The number of rotatable bonds is 5. The molecule has 4 aliphatic carbocycles. The van der Waals surface area contributed by atoms with Crippen molar-refractivity contribution in [1.82, 2.24) is 0 Å². The van der Waals surface area contributed by atoms with E-state index in [1.807, 2.05) is 19.9 Å². The van der Waals surface area contributed by atoms with Crippen LogP contribution in [0.15, 0.2) is 47.1 Å². The summed E-state index contributed by atoms with van der Waals surface area (Å²) in [6, 6.07) is 9.08. The Bertz CT molecular complexity index is 1090. The van der Waals surface area contributed by atoms with E-state index in [4.69, 9.17) is 4.74 Å². The van der Waals surface area contributed by atoms with E-state index in [1.165, 1.54) is 22.3 Å². The molecule has 2 saturated carbocycles. The van der Waals surface area contributed by atoms with Gasteiger partial charge in [0.05, 0.1) is 0 Å². The van der Waals surface area contributed by atoms with Crippen LogP contribution in [0.4, 0.5) is 0 Å². The zero-order chi connectivity index (χ0) is 24.5. The second kappa shape index (κ2) is 8.78. The zero-order valence-electron chi connectivity index (χ0n) is 21.2. The first-order valence-electron chi connectivity index (χ1n) is 13.4. The normalized spacial score (nSPS) is 39.3. The van der Waals surface area contributed by atoms with Gasteiger partial charge in [0.2, 0.25) is 0 Å². The van der Waals surface area contributed by atoms with Gasteiger partial charge in [-0.15, -0.1) is 0 Å². The standard InChI is InChI=1S/C30H39IO4/c1-18(2)35-17-30(33)13-12-26-24-10-8-21-14-22(32)9-11-23(21)28(24)25(15-29(26,30)3)19-4-6-20(7-5-19)27-16-31(27)34/h4-7,14,18,24-27,33-34H,8-13,15-17H2,1-3H3/t24-,25+,26-,27?,29-,30+/m0/s1. The van der Waals surface area contributed by atoms with Crippen molar-refractivity contribution < 1.29 is 18.1 Å². The molecule has 0 bridgehead atoms. The van der Waals surface area contributed by atoms with Gasteiger partial charge in [-0.05, 0) is 13.8 Å². The summed E-state index contributed by atoms with van der Waals surface area (Å²) >= 11 is -1.65. The molecular formula is C30H39IO4. The van der Waals surface area contributed by atoms with Crippen molar-refractivity contribution >= 4 is 26.0 Å². The Morgan fingerprint density at radius 3 is 2.51 bits per heavy atom. The first-order valence-corrected chi connectivity index (χ1v) is 17.2. The first-order chi connectivity index (χ1) is 16.7. The summed E-state index contributed by atoms with van der Waals surface area (Å²) < 4.78 is 17.6. The Morgan fingerprint density at radius 2 is 1.83 bits per heavy atom. The van der Waals surface area contributed by atoms with E-state index in [2.05, 4.69) is 31.2 Å². The summed E-state index contributed by atoms with van der Waals surface area (Å²) in [5.74, 6) is 1.45. The molecule has 1 heterocycles. The molecule has 3 fully saturated rings. The Hall–Kier alpha value is -1.02. The number of carbonyl (C=O) groups is 1. The molecule has 2 N–H and O–H groups in total. The van der Waals surface area contributed by atoms with Gasteiger partial charge in [0.1, 0.15) is 0 Å². The van der Waals surface area contributed by atoms with Crippen LogP contribution >= 0.6 is 20.2 Å². The number of ether oxygens (including phenoxy) is 1. The Kier molecular flexibility index (Phi) is 6.10. The van der Waals surface area contributed by atoms with Crippen molar-refractivity contribution in [3.8, 4) is 0 Å². The van der Waals surface area contributed by atoms with Gasteiger partial charge in [-0.2, -0.15) is 0 Å². The summed E-state index contributed by atoms with van der Waals surface area (Å²) in [4.78, 5) is 12.2. The van der Waals surface area contributed by atoms with Crippen LogP contribution in [-0.2, 0) is 9.53 Å². The third kappa shape index (κ3) is 4.00. The van der Waals surface area contributed by atoms with Gasteiger partial charge in [0, 0.05) is 0 Å². The van der Waals surface area contributed by atoms with Gasteiger partial charge in [-0.1, -0.05) is 0 Å². The van der Waals surface area contributed by atoms with E-state index in [0.29, 0.717) is 28.8 Å². The number of aliphatic hydroxyl groups is 1. The molecule has 1 aromatic carbocycles. The molecule has 35 heavy (non-hydrogen) atoms. The molecule has 1 unspecified atom stereocenters. The minimum absolute atomic E-state index is 0.107. The zero-order valence-corrected chi connectivity index (χ0v) is 23.4. The van der Waals surface area contributed by atoms with Gasteiger partial charge in [0.25, 0.3) is 0 Å². The van der Waals surface area contributed by atoms with E-state index in [0.717, 1.165) is 43.0 Å². The van der Waals surface area contributed by atoms with E-state index in [-0.39, 0.29) is 23.2 Å². The first kappa shape index (κ1) is 24.3. The average molecular weight is 591 g/mol. The summed E-state index contributed by atoms with van der Waals surface area (Å²) in [6.45, 7) is 6.84. The van der Waals surface area contributed by atoms with Gasteiger partial charge >= 0.3 is 204 Å². The van der Waals surface area contributed by atoms with Crippen molar-refractivity contribution in [3.05, 3.63) is 58.2 Å². The van der Waals surface area contributed by atoms with Crippen molar-refractivity contribution in [2.24, 2.45) is 17.3 Å². The molecule has 4 nitrogen and oxygen atoms in total. The summed E-state index contributed by atoms with van der Waals surface area (Å²) in [5.41, 5.74) is 5.92. The topological polar surface area (TPSA) is 66.8 Å². The van der Waals surface area contributed by atoms with E-state index < -0.39 is 25.8 Å². The quantitative estimate of drug-likeness (QED) is 0.316. The summed E-state index contributed by atoms with van der Waals surface area (Å²) in [6.07, 6.45) is 8.37. The van der Waals surface area contributed by atoms with Gasteiger partial charge in [-0.25, -0.2) is 0 Å². The molecule has 0 spiro atoms. The Morgan fingerprint density at radius 1 is 1.11 bits per heavy atom. The molecule has 5 heteroatoms. The van der Waals surface area contributed by atoms with Crippen LogP contribution in [0, 0.1) is 17.3 Å². The molecule has 6 atom stereocenters. The van der Waals surface area contributed by atoms with E-state index in [1.54, 1.807) is 5.57 Å². The molecular weight excluding hydrogens is 551 g/mol.